The number of hydrogen-bond acceptors (Lipinski definition) is 2. The number of carbonyl (C=O) groups is 1. The smallest absolute Gasteiger partial charge is 0.329 e. The van der Waals surface area contributed by atoms with Crippen LogP contribution in [0.25, 0.3) is 0 Å². The first-order valence-electron chi connectivity index (χ1n) is 6.35. The van der Waals surface area contributed by atoms with Crippen LogP contribution in [-0.2, 0) is 4.79 Å². The molecule has 0 bridgehead atoms. The molecule has 1 aliphatic heterocycles. The third kappa shape index (κ3) is 2.77. The molecule has 1 saturated carbocycles. The summed E-state index contributed by atoms with van der Waals surface area (Å²) in [5.74, 6) is -0.849. The summed E-state index contributed by atoms with van der Waals surface area (Å²) in [6.45, 7) is 2.06. The van der Waals surface area contributed by atoms with Crippen LogP contribution in [0.15, 0.2) is 12.3 Å². The topological polar surface area (TPSA) is 40.5 Å². The van der Waals surface area contributed by atoms with Gasteiger partial charge in [0.15, 0.2) is 0 Å². The van der Waals surface area contributed by atoms with E-state index in [1.165, 1.54) is 51.0 Å². The molecule has 2 fully saturated rings. The molecule has 1 aliphatic carbocycles. The maximum absolute atomic E-state index is 10.4. The van der Waals surface area contributed by atoms with E-state index in [1.54, 1.807) is 6.20 Å². The highest BCUT2D eigenvalue weighted by atomic mass is 16.4. The number of carboxylic acid groups (broad SMARTS) is 1. The zero-order valence-corrected chi connectivity index (χ0v) is 9.82. The molecule has 2 rings (SSSR count). The zero-order valence-electron chi connectivity index (χ0n) is 9.82. The van der Waals surface area contributed by atoms with Crippen LogP contribution in [0.4, 0.5) is 0 Å². The van der Waals surface area contributed by atoms with E-state index in [4.69, 9.17) is 5.11 Å². The SMILES string of the molecule is O=C(O)C=CN1CCC2(CCCCC2)CC1. The van der Waals surface area contributed by atoms with Crippen LogP contribution in [0.1, 0.15) is 44.9 Å². The normalized spacial score (nSPS) is 25.1. The third-order valence-corrected chi connectivity index (χ3v) is 4.20. The Morgan fingerprint density at radius 3 is 2.25 bits per heavy atom. The monoisotopic (exact) mass is 223 g/mol. The second-order valence-electron chi connectivity index (χ2n) is 5.25. The first-order chi connectivity index (χ1) is 7.70. The quantitative estimate of drug-likeness (QED) is 0.732. The fourth-order valence-electron chi connectivity index (χ4n) is 3.12. The van der Waals surface area contributed by atoms with Gasteiger partial charge in [-0.3, -0.25) is 0 Å². The van der Waals surface area contributed by atoms with Crippen molar-refractivity contribution in [3.05, 3.63) is 12.3 Å². The first-order valence-corrected chi connectivity index (χ1v) is 6.35. The summed E-state index contributed by atoms with van der Waals surface area (Å²) in [7, 11) is 0. The molecule has 1 spiro atoms. The molecule has 0 aromatic heterocycles. The summed E-state index contributed by atoms with van der Waals surface area (Å²) >= 11 is 0. The average Bonchev–Trinajstić information content (AvgIpc) is 2.29. The van der Waals surface area contributed by atoms with Gasteiger partial charge >= 0.3 is 5.97 Å². The van der Waals surface area contributed by atoms with E-state index in [9.17, 15) is 4.79 Å². The van der Waals surface area contributed by atoms with Gasteiger partial charge in [-0.25, -0.2) is 4.79 Å². The molecule has 0 aromatic rings. The van der Waals surface area contributed by atoms with E-state index in [1.807, 2.05) is 0 Å². The number of aliphatic carboxylic acids is 1. The summed E-state index contributed by atoms with van der Waals surface area (Å²) in [4.78, 5) is 12.6. The standard InChI is InChI=1S/C13H21NO2/c15-12(16)4-9-14-10-7-13(8-11-14)5-2-1-3-6-13/h4,9H,1-3,5-8,10-11H2,(H,15,16). The fraction of sp³-hybridized carbons (Fsp3) is 0.769. The van der Waals surface area contributed by atoms with Gasteiger partial charge in [0.25, 0.3) is 0 Å². The van der Waals surface area contributed by atoms with Crippen LogP contribution in [0.5, 0.6) is 0 Å². The van der Waals surface area contributed by atoms with Crippen LogP contribution < -0.4 is 0 Å². The van der Waals surface area contributed by atoms with E-state index in [0.717, 1.165) is 13.1 Å². The largest absolute Gasteiger partial charge is 0.478 e. The lowest BCUT2D eigenvalue weighted by molar-refractivity contribution is -0.131. The molecule has 0 amide bonds. The molecule has 0 radical (unpaired) electrons. The van der Waals surface area contributed by atoms with Crippen LogP contribution in [0, 0.1) is 5.41 Å². The molecule has 2 aliphatic rings. The van der Waals surface area contributed by atoms with Gasteiger partial charge in [0.1, 0.15) is 0 Å². The van der Waals surface area contributed by atoms with Crippen molar-refractivity contribution in [3.63, 3.8) is 0 Å². The Hall–Kier alpha value is -0.990. The van der Waals surface area contributed by atoms with Crippen molar-refractivity contribution >= 4 is 5.97 Å². The molecule has 3 nitrogen and oxygen atoms in total. The predicted octanol–water partition coefficient (Wildman–Crippen LogP) is 2.63. The van der Waals surface area contributed by atoms with Crippen LogP contribution in [-0.4, -0.2) is 29.1 Å². The van der Waals surface area contributed by atoms with Gasteiger partial charge in [0.2, 0.25) is 0 Å². The highest BCUT2D eigenvalue weighted by molar-refractivity contribution is 5.79. The van der Waals surface area contributed by atoms with Crippen molar-refractivity contribution < 1.29 is 9.90 Å². The molecule has 16 heavy (non-hydrogen) atoms. The Bertz CT molecular complexity index is 270. The summed E-state index contributed by atoms with van der Waals surface area (Å²) in [5.41, 5.74) is 0.603. The molecule has 0 aromatic carbocycles. The average molecular weight is 223 g/mol. The lowest BCUT2D eigenvalue weighted by Gasteiger charge is -2.44. The summed E-state index contributed by atoms with van der Waals surface area (Å²) < 4.78 is 0. The molecule has 3 heteroatoms. The second-order valence-corrected chi connectivity index (χ2v) is 5.25. The molecular weight excluding hydrogens is 202 g/mol. The number of carboxylic acids is 1. The van der Waals surface area contributed by atoms with Crippen molar-refractivity contribution in [2.24, 2.45) is 5.41 Å². The molecular formula is C13H21NO2. The maximum atomic E-state index is 10.4. The fourth-order valence-corrected chi connectivity index (χ4v) is 3.12. The Kier molecular flexibility index (Phi) is 3.52. The number of hydrogen-bond donors (Lipinski definition) is 1. The van der Waals surface area contributed by atoms with Gasteiger partial charge in [-0.15, -0.1) is 0 Å². The third-order valence-electron chi connectivity index (χ3n) is 4.20. The van der Waals surface area contributed by atoms with Crippen molar-refractivity contribution in [2.75, 3.05) is 13.1 Å². The minimum atomic E-state index is -0.849. The number of nitrogens with zero attached hydrogens (tertiary/aromatic N) is 1. The Morgan fingerprint density at radius 1 is 1.06 bits per heavy atom. The van der Waals surface area contributed by atoms with Gasteiger partial charge in [-0.1, -0.05) is 19.3 Å². The molecule has 90 valence electrons. The van der Waals surface area contributed by atoms with E-state index < -0.39 is 5.97 Å². The van der Waals surface area contributed by atoms with E-state index in [-0.39, 0.29) is 0 Å². The van der Waals surface area contributed by atoms with Gasteiger partial charge in [-0.05, 0) is 31.1 Å². The van der Waals surface area contributed by atoms with E-state index >= 15 is 0 Å². The van der Waals surface area contributed by atoms with Gasteiger partial charge in [-0.2, -0.15) is 0 Å². The lowest BCUT2D eigenvalue weighted by Crippen LogP contribution is -2.38. The Labute approximate surface area is 97.1 Å². The predicted molar refractivity (Wildman–Crippen MR) is 63.1 cm³/mol. The number of likely N-dealkylation sites (tertiary alicyclic amines) is 1. The minimum Gasteiger partial charge on any atom is -0.478 e. The minimum absolute atomic E-state index is 0.603. The number of piperidine rings is 1. The van der Waals surface area contributed by atoms with Crippen molar-refractivity contribution in [3.8, 4) is 0 Å². The molecule has 1 heterocycles. The van der Waals surface area contributed by atoms with Crippen LogP contribution in [0.3, 0.4) is 0 Å². The molecule has 0 atom stereocenters. The lowest BCUT2D eigenvalue weighted by atomic mass is 9.68. The molecule has 1 saturated heterocycles. The first kappa shape index (κ1) is 11.5. The maximum Gasteiger partial charge on any atom is 0.329 e. The van der Waals surface area contributed by atoms with Gasteiger partial charge in [0, 0.05) is 25.4 Å². The van der Waals surface area contributed by atoms with Gasteiger partial charge < -0.3 is 10.0 Å². The molecule has 0 unspecified atom stereocenters. The van der Waals surface area contributed by atoms with Crippen molar-refractivity contribution in [1.82, 2.24) is 4.90 Å². The highest BCUT2D eigenvalue weighted by Crippen LogP contribution is 2.44. The number of rotatable bonds is 2. The van der Waals surface area contributed by atoms with Crippen molar-refractivity contribution in [1.29, 1.82) is 0 Å². The van der Waals surface area contributed by atoms with Crippen LogP contribution in [0.2, 0.25) is 0 Å². The highest BCUT2D eigenvalue weighted by Gasteiger charge is 2.34. The Morgan fingerprint density at radius 2 is 1.69 bits per heavy atom. The van der Waals surface area contributed by atoms with E-state index in [0.29, 0.717) is 5.41 Å². The molecule has 1 N–H and O–H groups in total. The summed E-state index contributed by atoms with van der Waals surface area (Å²) in [5, 5.41) is 8.57. The van der Waals surface area contributed by atoms with Gasteiger partial charge in [0.05, 0.1) is 0 Å². The van der Waals surface area contributed by atoms with E-state index in [2.05, 4.69) is 4.90 Å². The second kappa shape index (κ2) is 4.89. The summed E-state index contributed by atoms with van der Waals surface area (Å²) in [6.07, 6.45) is 12.5. The van der Waals surface area contributed by atoms with Crippen LogP contribution >= 0.6 is 0 Å². The van der Waals surface area contributed by atoms with Crippen molar-refractivity contribution in [2.45, 2.75) is 44.9 Å². The zero-order chi connectivity index (χ0) is 11.4. The summed E-state index contributed by atoms with van der Waals surface area (Å²) in [6, 6.07) is 0. The Balaban J connectivity index is 1.84.